The first-order valence-corrected chi connectivity index (χ1v) is 7.23. The highest BCUT2D eigenvalue weighted by atomic mass is 16.5. The molecule has 0 aromatic heterocycles. The number of carbonyl (C=O) groups excluding carboxylic acids is 1. The number of rotatable bonds is 8. The second kappa shape index (κ2) is 7.82. The van der Waals surface area contributed by atoms with Crippen LogP contribution in [0.1, 0.15) is 46.0 Å². The molecule has 112 valence electrons. The molecule has 3 atom stereocenters. The van der Waals surface area contributed by atoms with Crippen molar-refractivity contribution >= 4 is 5.91 Å². The largest absolute Gasteiger partial charge is 0.382 e. The maximum absolute atomic E-state index is 11.8. The number of amides is 1. The lowest BCUT2D eigenvalue weighted by molar-refractivity contribution is -0.130. The van der Waals surface area contributed by atoms with Crippen LogP contribution in [0, 0.1) is 0 Å². The summed E-state index contributed by atoms with van der Waals surface area (Å²) in [5.41, 5.74) is 5.02. The van der Waals surface area contributed by atoms with E-state index in [9.17, 15) is 4.79 Å². The molecule has 3 N–H and O–H groups in total. The average Bonchev–Trinajstić information content (AvgIpc) is 2.36. The molecule has 0 heterocycles. The first-order chi connectivity index (χ1) is 9.04. The first-order valence-electron chi connectivity index (χ1n) is 7.23. The predicted molar refractivity (Wildman–Crippen MR) is 74.9 cm³/mol. The molecule has 1 aliphatic rings. The Labute approximate surface area is 116 Å². The SMILES string of the molecule is CCCNC1(C(N)=O)CCCC(OC(C)COC)C1. The van der Waals surface area contributed by atoms with Crippen LogP contribution in [0.4, 0.5) is 0 Å². The molecule has 5 heteroatoms. The lowest BCUT2D eigenvalue weighted by Gasteiger charge is -2.40. The van der Waals surface area contributed by atoms with Crippen molar-refractivity contribution < 1.29 is 14.3 Å². The molecular weight excluding hydrogens is 244 g/mol. The van der Waals surface area contributed by atoms with Crippen LogP contribution in [-0.2, 0) is 14.3 Å². The van der Waals surface area contributed by atoms with Crippen LogP contribution in [-0.4, -0.2) is 43.9 Å². The van der Waals surface area contributed by atoms with Crippen molar-refractivity contribution in [2.24, 2.45) is 5.73 Å². The third-order valence-electron chi connectivity index (χ3n) is 3.72. The van der Waals surface area contributed by atoms with Crippen molar-refractivity contribution in [2.45, 2.75) is 63.7 Å². The van der Waals surface area contributed by atoms with E-state index in [1.807, 2.05) is 6.92 Å². The standard InChI is InChI=1S/C14H28N2O3/c1-4-8-16-14(13(15)17)7-5-6-12(9-14)19-11(2)10-18-3/h11-12,16H,4-10H2,1-3H3,(H2,15,17). The van der Waals surface area contributed by atoms with Crippen molar-refractivity contribution in [1.29, 1.82) is 0 Å². The molecule has 0 saturated heterocycles. The number of hydrogen-bond acceptors (Lipinski definition) is 4. The molecule has 0 radical (unpaired) electrons. The summed E-state index contributed by atoms with van der Waals surface area (Å²) < 4.78 is 11.0. The minimum Gasteiger partial charge on any atom is -0.382 e. The highest BCUT2D eigenvalue weighted by molar-refractivity contribution is 5.84. The molecule has 0 aliphatic heterocycles. The van der Waals surface area contributed by atoms with E-state index >= 15 is 0 Å². The van der Waals surface area contributed by atoms with E-state index < -0.39 is 5.54 Å². The van der Waals surface area contributed by atoms with Crippen LogP contribution in [0.2, 0.25) is 0 Å². The van der Waals surface area contributed by atoms with E-state index in [0.29, 0.717) is 13.0 Å². The van der Waals surface area contributed by atoms with E-state index in [1.54, 1.807) is 7.11 Å². The molecule has 19 heavy (non-hydrogen) atoms. The summed E-state index contributed by atoms with van der Waals surface area (Å²) in [5, 5.41) is 3.33. The van der Waals surface area contributed by atoms with Gasteiger partial charge in [0.25, 0.3) is 0 Å². The van der Waals surface area contributed by atoms with Crippen molar-refractivity contribution in [3.8, 4) is 0 Å². The van der Waals surface area contributed by atoms with Crippen LogP contribution in [0.15, 0.2) is 0 Å². The maximum atomic E-state index is 11.8. The van der Waals surface area contributed by atoms with Crippen LogP contribution in [0.5, 0.6) is 0 Å². The van der Waals surface area contributed by atoms with Gasteiger partial charge in [0.15, 0.2) is 0 Å². The molecule has 1 amide bonds. The van der Waals surface area contributed by atoms with E-state index in [-0.39, 0.29) is 18.1 Å². The van der Waals surface area contributed by atoms with Crippen LogP contribution >= 0.6 is 0 Å². The van der Waals surface area contributed by atoms with Gasteiger partial charge in [0.1, 0.15) is 5.54 Å². The topological polar surface area (TPSA) is 73.6 Å². The molecule has 5 nitrogen and oxygen atoms in total. The van der Waals surface area contributed by atoms with Crippen LogP contribution < -0.4 is 11.1 Å². The predicted octanol–water partition coefficient (Wildman–Crippen LogP) is 1.20. The third kappa shape index (κ3) is 4.75. The molecule has 0 aromatic carbocycles. The summed E-state index contributed by atoms with van der Waals surface area (Å²) in [6.07, 6.45) is 4.53. The number of primary amides is 1. The minimum atomic E-state index is -0.592. The Morgan fingerprint density at radius 1 is 1.58 bits per heavy atom. The summed E-state index contributed by atoms with van der Waals surface area (Å²) >= 11 is 0. The summed E-state index contributed by atoms with van der Waals surface area (Å²) in [5.74, 6) is -0.256. The number of ether oxygens (including phenoxy) is 2. The van der Waals surface area contributed by atoms with Crippen molar-refractivity contribution in [3.05, 3.63) is 0 Å². The van der Waals surface area contributed by atoms with Crippen molar-refractivity contribution in [2.75, 3.05) is 20.3 Å². The summed E-state index contributed by atoms with van der Waals surface area (Å²) in [6, 6.07) is 0. The van der Waals surface area contributed by atoms with Gasteiger partial charge in [0.05, 0.1) is 18.8 Å². The van der Waals surface area contributed by atoms with Crippen LogP contribution in [0.25, 0.3) is 0 Å². The number of hydrogen-bond donors (Lipinski definition) is 2. The number of carbonyl (C=O) groups is 1. The molecule has 1 saturated carbocycles. The maximum Gasteiger partial charge on any atom is 0.237 e. The molecular formula is C14H28N2O3. The van der Waals surface area contributed by atoms with Gasteiger partial charge in [0, 0.05) is 13.5 Å². The Balaban J connectivity index is 2.60. The minimum absolute atomic E-state index is 0.0462. The third-order valence-corrected chi connectivity index (χ3v) is 3.72. The Morgan fingerprint density at radius 2 is 2.32 bits per heavy atom. The van der Waals surface area contributed by atoms with Gasteiger partial charge in [-0.2, -0.15) is 0 Å². The zero-order valence-corrected chi connectivity index (χ0v) is 12.4. The zero-order valence-electron chi connectivity index (χ0n) is 12.4. The van der Waals surface area contributed by atoms with Gasteiger partial charge in [0.2, 0.25) is 5.91 Å². The lowest BCUT2D eigenvalue weighted by Crippen LogP contribution is -2.59. The second-order valence-electron chi connectivity index (χ2n) is 5.49. The normalized spacial score (nSPS) is 29.1. The van der Waals surface area contributed by atoms with Gasteiger partial charge >= 0.3 is 0 Å². The van der Waals surface area contributed by atoms with Gasteiger partial charge in [-0.15, -0.1) is 0 Å². The average molecular weight is 272 g/mol. The molecule has 1 aliphatic carbocycles. The van der Waals surface area contributed by atoms with E-state index in [4.69, 9.17) is 15.2 Å². The van der Waals surface area contributed by atoms with Gasteiger partial charge in [-0.3, -0.25) is 4.79 Å². The first kappa shape index (κ1) is 16.4. The second-order valence-corrected chi connectivity index (χ2v) is 5.49. The van der Waals surface area contributed by atoms with Gasteiger partial charge in [-0.25, -0.2) is 0 Å². The Morgan fingerprint density at radius 3 is 2.89 bits per heavy atom. The van der Waals surface area contributed by atoms with Crippen molar-refractivity contribution in [1.82, 2.24) is 5.32 Å². The molecule has 0 aromatic rings. The monoisotopic (exact) mass is 272 g/mol. The zero-order chi connectivity index (χ0) is 14.3. The summed E-state index contributed by atoms with van der Waals surface area (Å²) in [4.78, 5) is 11.8. The van der Waals surface area contributed by atoms with Crippen molar-refractivity contribution in [3.63, 3.8) is 0 Å². The lowest BCUT2D eigenvalue weighted by atomic mass is 9.79. The summed E-state index contributed by atoms with van der Waals surface area (Å²) in [6.45, 7) is 5.45. The van der Waals surface area contributed by atoms with E-state index in [2.05, 4.69) is 12.2 Å². The highest BCUT2D eigenvalue weighted by Gasteiger charge is 2.41. The smallest absolute Gasteiger partial charge is 0.237 e. The van der Waals surface area contributed by atoms with Gasteiger partial charge in [-0.05, 0) is 39.2 Å². The summed E-state index contributed by atoms with van der Waals surface area (Å²) in [7, 11) is 1.66. The van der Waals surface area contributed by atoms with Crippen LogP contribution in [0.3, 0.4) is 0 Å². The number of methoxy groups -OCH3 is 1. The van der Waals surface area contributed by atoms with E-state index in [1.165, 1.54) is 0 Å². The Bertz CT molecular complexity index is 286. The molecule has 1 rings (SSSR count). The molecule has 3 unspecified atom stereocenters. The number of nitrogens with two attached hydrogens (primary N) is 1. The fourth-order valence-electron chi connectivity index (χ4n) is 2.78. The fraction of sp³-hybridized carbons (Fsp3) is 0.929. The molecule has 0 bridgehead atoms. The highest BCUT2D eigenvalue weighted by Crippen LogP contribution is 2.30. The molecule has 1 fully saturated rings. The van der Waals surface area contributed by atoms with Gasteiger partial charge < -0.3 is 20.5 Å². The Kier molecular flexibility index (Phi) is 6.75. The quantitative estimate of drug-likeness (QED) is 0.696. The fourth-order valence-corrected chi connectivity index (χ4v) is 2.78. The van der Waals surface area contributed by atoms with E-state index in [0.717, 1.165) is 32.2 Å². The number of nitrogens with one attached hydrogen (secondary N) is 1. The molecule has 0 spiro atoms. The Hall–Kier alpha value is -0.650. The van der Waals surface area contributed by atoms with Gasteiger partial charge in [-0.1, -0.05) is 6.92 Å².